The number of carbonyl (C=O) groups excluding carboxylic acids is 2. The van der Waals surface area contributed by atoms with Crippen molar-refractivity contribution in [2.24, 2.45) is 0 Å². The normalized spacial score (nSPS) is 12.8. The van der Waals surface area contributed by atoms with Gasteiger partial charge in [-0.25, -0.2) is 8.42 Å². The Labute approximate surface area is 195 Å². The Kier molecular flexibility index (Phi) is 7.78. The molecule has 0 unspecified atom stereocenters. The van der Waals surface area contributed by atoms with Crippen molar-refractivity contribution in [1.82, 2.24) is 0 Å². The standard InChI is InChI=1S/C19H16ClF3N2O8S/c1-9(2)33-18(28)16(17(27)19(21,22)23)12-7-10(3-6-15(12)26)24-34(31,32)11-4-5-13(20)14(8-11)25(29)30/h3-9,16,24,26H,1-2H3/t16-/m0/s1. The minimum absolute atomic E-state index is 0.340. The second kappa shape index (κ2) is 9.85. The predicted molar refractivity (Wildman–Crippen MR) is 112 cm³/mol. The number of ether oxygens (including phenoxy) is 1. The van der Waals surface area contributed by atoms with E-state index < -0.39 is 72.5 Å². The third-order valence-electron chi connectivity index (χ3n) is 4.14. The summed E-state index contributed by atoms with van der Waals surface area (Å²) in [5, 5.41) is 20.7. The Morgan fingerprint density at radius 2 is 1.79 bits per heavy atom. The first-order valence-electron chi connectivity index (χ1n) is 9.15. The number of halogens is 4. The van der Waals surface area contributed by atoms with Crippen LogP contribution in [-0.4, -0.2) is 42.5 Å². The molecule has 2 aromatic rings. The lowest BCUT2D eigenvalue weighted by molar-refractivity contribution is -0.384. The summed E-state index contributed by atoms with van der Waals surface area (Å²) in [6.45, 7) is 2.64. The minimum Gasteiger partial charge on any atom is -0.508 e. The van der Waals surface area contributed by atoms with Crippen molar-refractivity contribution >= 4 is 44.8 Å². The van der Waals surface area contributed by atoms with Gasteiger partial charge in [0.15, 0.2) is 5.92 Å². The number of phenolic OH excluding ortho intramolecular Hbond substituents is 1. The maximum Gasteiger partial charge on any atom is 0.451 e. The fourth-order valence-electron chi connectivity index (χ4n) is 2.70. The van der Waals surface area contributed by atoms with Crippen LogP contribution in [-0.2, 0) is 24.3 Å². The van der Waals surface area contributed by atoms with Gasteiger partial charge < -0.3 is 9.84 Å². The highest BCUT2D eigenvalue weighted by molar-refractivity contribution is 7.92. The maximum atomic E-state index is 13.1. The largest absolute Gasteiger partial charge is 0.508 e. The van der Waals surface area contributed by atoms with Crippen LogP contribution in [0.25, 0.3) is 0 Å². The van der Waals surface area contributed by atoms with E-state index in [1.54, 1.807) is 0 Å². The molecule has 0 aliphatic carbocycles. The van der Waals surface area contributed by atoms with Crippen molar-refractivity contribution in [3.05, 3.63) is 57.1 Å². The van der Waals surface area contributed by atoms with Gasteiger partial charge in [0.1, 0.15) is 10.8 Å². The van der Waals surface area contributed by atoms with E-state index in [4.69, 9.17) is 16.3 Å². The summed E-state index contributed by atoms with van der Waals surface area (Å²) < 4.78 is 71.3. The number of benzene rings is 2. The summed E-state index contributed by atoms with van der Waals surface area (Å²) >= 11 is 5.65. The van der Waals surface area contributed by atoms with Crippen molar-refractivity contribution in [1.29, 1.82) is 0 Å². The third-order valence-corrected chi connectivity index (χ3v) is 5.84. The number of hydrogen-bond donors (Lipinski definition) is 2. The molecule has 2 rings (SSSR count). The number of nitro benzene ring substituents is 1. The summed E-state index contributed by atoms with van der Waals surface area (Å²) in [5.74, 6) is -7.69. The zero-order valence-corrected chi connectivity index (χ0v) is 18.9. The topological polar surface area (TPSA) is 153 Å². The molecule has 0 saturated heterocycles. The Bertz CT molecular complexity index is 1250. The monoisotopic (exact) mass is 524 g/mol. The molecule has 0 radical (unpaired) electrons. The lowest BCUT2D eigenvalue weighted by Crippen LogP contribution is -2.35. The quantitative estimate of drug-likeness (QED) is 0.173. The highest BCUT2D eigenvalue weighted by atomic mass is 35.5. The Morgan fingerprint density at radius 1 is 1.18 bits per heavy atom. The molecule has 15 heteroatoms. The number of esters is 1. The van der Waals surface area contributed by atoms with Crippen molar-refractivity contribution < 1.29 is 45.9 Å². The first-order chi connectivity index (χ1) is 15.5. The second-order valence-electron chi connectivity index (χ2n) is 7.03. The summed E-state index contributed by atoms with van der Waals surface area (Å²) in [6, 6.07) is 4.89. The number of alkyl halides is 3. The smallest absolute Gasteiger partial charge is 0.451 e. The number of carbonyl (C=O) groups is 2. The molecule has 10 nitrogen and oxygen atoms in total. The summed E-state index contributed by atoms with van der Waals surface area (Å²) in [4.78, 5) is 33.7. The van der Waals surface area contributed by atoms with Crippen molar-refractivity contribution in [2.75, 3.05) is 4.72 Å². The molecule has 34 heavy (non-hydrogen) atoms. The lowest BCUT2D eigenvalue weighted by Gasteiger charge is -2.20. The predicted octanol–water partition coefficient (Wildman–Crippen LogP) is 3.92. The number of nitro groups is 1. The van der Waals surface area contributed by atoms with Crippen LogP contribution in [0.5, 0.6) is 5.75 Å². The molecule has 2 N–H and O–H groups in total. The van der Waals surface area contributed by atoms with Crippen LogP contribution < -0.4 is 4.72 Å². The van der Waals surface area contributed by atoms with E-state index in [0.717, 1.165) is 24.3 Å². The fourth-order valence-corrected chi connectivity index (χ4v) is 3.96. The van der Waals surface area contributed by atoms with Gasteiger partial charge in [0, 0.05) is 17.3 Å². The number of hydrogen-bond acceptors (Lipinski definition) is 8. The van der Waals surface area contributed by atoms with Crippen LogP contribution in [0.15, 0.2) is 41.3 Å². The lowest BCUT2D eigenvalue weighted by atomic mass is 9.93. The Balaban J connectivity index is 2.54. The first-order valence-corrected chi connectivity index (χ1v) is 11.0. The molecule has 0 aliphatic rings. The van der Waals surface area contributed by atoms with E-state index in [1.165, 1.54) is 13.8 Å². The molecule has 0 amide bonds. The Morgan fingerprint density at radius 3 is 2.32 bits per heavy atom. The van der Waals surface area contributed by atoms with Crippen LogP contribution in [0, 0.1) is 10.1 Å². The van der Waals surface area contributed by atoms with Gasteiger partial charge in [-0.05, 0) is 44.2 Å². The van der Waals surface area contributed by atoms with Crippen LogP contribution in [0.3, 0.4) is 0 Å². The average molecular weight is 525 g/mol. The molecular weight excluding hydrogens is 509 g/mol. The number of ketones is 1. The molecule has 0 aromatic heterocycles. The number of Topliss-reactive ketones (excluding diaryl/α,β-unsaturated/α-hetero) is 1. The molecule has 2 aromatic carbocycles. The molecular formula is C19H16ClF3N2O8S. The number of phenols is 1. The van der Waals surface area contributed by atoms with Crippen LogP contribution in [0.4, 0.5) is 24.5 Å². The van der Waals surface area contributed by atoms with Gasteiger partial charge >= 0.3 is 12.1 Å². The van der Waals surface area contributed by atoms with Gasteiger partial charge in [0.05, 0.1) is 15.9 Å². The van der Waals surface area contributed by atoms with E-state index >= 15 is 0 Å². The Hall–Kier alpha value is -3.39. The van der Waals surface area contributed by atoms with E-state index in [2.05, 4.69) is 0 Å². The number of anilines is 1. The first kappa shape index (κ1) is 26.9. The van der Waals surface area contributed by atoms with E-state index in [0.29, 0.717) is 12.1 Å². The maximum absolute atomic E-state index is 13.1. The van der Waals surface area contributed by atoms with Crippen LogP contribution in [0.1, 0.15) is 25.3 Å². The number of nitrogens with zero attached hydrogens (tertiary/aromatic N) is 1. The summed E-state index contributed by atoms with van der Waals surface area (Å²) in [6.07, 6.45) is -6.38. The summed E-state index contributed by atoms with van der Waals surface area (Å²) in [5.41, 5.74) is -2.04. The van der Waals surface area contributed by atoms with E-state index in [-0.39, 0.29) is 5.02 Å². The zero-order chi connectivity index (χ0) is 26.0. The molecule has 0 aliphatic heterocycles. The number of aromatic hydroxyl groups is 1. The number of nitrogens with one attached hydrogen (secondary N) is 1. The molecule has 1 atom stereocenters. The van der Waals surface area contributed by atoms with Gasteiger partial charge in [0.2, 0.25) is 0 Å². The highest BCUT2D eigenvalue weighted by Crippen LogP contribution is 2.36. The van der Waals surface area contributed by atoms with Gasteiger partial charge in [-0.1, -0.05) is 11.6 Å². The molecule has 0 heterocycles. The molecule has 0 spiro atoms. The van der Waals surface area contributed by atoms with Gasteiger partial charge in [0.25, 0.3) is 21.5 Å². The van der Waals surface area contributed by atoms with Crippen LogP contribution >= 0.6 is 11.6 Å². The third kappa shape index (κ3) is 6.14. The summed E-state index contributed by atoms with van der Waals surface area (Å²) in [7, 11) is -4.55. The van der Waals surface area contributed by atoms with Crippen LogP contribution in [0.2, 0.25) is 5.02 Å². The van der Waals surface area contributed by atoms with E-state index in [1.807, 2.05) is 4.72 Å². The number of sulfonamides is 1. The molecule has 0 bridgehead atoms. The zero-order valence-electron chi connectivity index (χ0n) is 17.3. The molecule has 0 fully saturated rings. The van der Waals surface area contributed by atoms with Crippen molar-refractivity contribution in [3.63, 3.8) is 0 Å². The van der Waals surface area contributed by atoms with E-state index in [9.17, 15) is 46.4 Å². The van der Waals surface area contributed by atoms with Crippen molar-refractivity contribution in [3.8, 4) is 5.75 Å². The minimum atomic E-state index is -5.48. The van der Waals surface area contributed by atoms with Crippen molar-refractivity contribution in [2.45, 2.75) is 36.9 Å². The molecule has 0 saturated carbocycles. The highest BCUT2D eigenvalue weighted by Gasteiger charge is 2.48. The van der Waals surface area contributed by atoms with Gasteiger partial charge in [-0.3, -0.25) is 24.4 Å². The number of rotatable bonds is 8. The fraction of sp³-hybridized carbons (Fsp3) is 0.263. The van der Waals surface area contributed by atoms with Gasteiger partial charge in [-0.15, -0.1) is 0 Å². The van der Waals surface area contributed by atoms with Gasteiger partial charge in [-0.2, -0.15) is 13.2 Å². The second-order valence-corrected chi connectivity index (χ2v) is 9.12. The SMILES string of the molecule is CC(C)OC(=O)[C@H](C(=O)C(F)(F)F)c1cc(NS(=O)(=O)c2ccc(Cl)c([N+](=O)[O-])c2)ccc1O. The average Bonchev–Trinajstić information content (AvgIpc) is 2.68. The molecule has 184 valence electrons.